The molecule has 11 heavy (non-hydrogen) atoms. The fourth-order valence-electron chi connectivity index (χ4n) is 0.610. The Morgan fingerprint density at radius 1 is 1.09 bits per heavy atom. The molecule has 0 fully saturated rings. The van der Waals surface area contributed by atoms with Crippen molar-refractivity contribution in [2.45, 2.75) is 51.4 Å². The van der Waals surface area contributed by atoms with Crippen LogP contribution in [0, 0.1) is 0 Å². The third-order valence-electron chi connectivity index (χ3n) is 1.33. The summed E-state index contributed by atoms with van der Waals surface area (Å²) in [6, 6.07) is 0. The van der Waals surface area contributed by atoms with Crippen LogP contribution in [0.2, 0.25) is 4.44 Å². The van der Waals surface area contributed by atoms with Crippen molar-refractivity contribution >= 4 is 28.7 Å². The van der Waals surface area contributed by atoms with E-state index in [2.05, 4.69) is 22.8 Å². The number of hydrogen-bond acceptors (Lipinski definition) is 1. The van der Waals surface area contributed by atoms with E-state index >= 15 is 0 Å². The van der Waals surface area contributed by atoms with Gasteiger partial charge in [0.1, 0.15) is 0 Å². The average molecular weight is 281 g/mol. The molecule has 0 aromatic rings. The Bertz CT molecular complexity index is 49.5. The minimum absolute atomic E-state index is 0. The molecule has 0 aromatic heterocycles. The summed E-state index contributed by atoms with van der Waals surface area (Å²) in [6.07, 6.45) is 5.71. The molecule has 0 aliphatic rings. The van der Waals surface area contributed by atoms with Gasteiger partial charge in [0, 0.05) is 0 Å². The Morgan fingerprint density at radius 3 is 2.27 bits per heavy atom. The molecule has 0 bridgehead atoms. The molecule has 0 N–H and O–H groups in total. The molecule has 0 amide bonds. The van der Waals surface area contributed by atoms with Gasteiger partial charge < -0.3 is 0 Å². The zero-order chi connectivity index (χ0) is 7.66. The first-order valence-corrected chi connectivity index (χ1v) is 10.8. The van der Waals surface area contributed by atoms with Crippen molar-refractivity contribution in [2.75, 3.05) is 5.75 Å². The number of rotatable bonds is 7. The normalized spacial score (nSPS) is 9.27. The van der Waals surface area contributed by atoms with Crippen molar-refractivity contribution in [1.29, 1.82) is 0 Å². The molecule has 2 heteroatoms. The van der Waals surface area contributed by atoms with Crippen LogP contribution in [0.1, 0.15) is 47.0 Å². The van der Waals surface area contributed by atoms with Gasteiger partial charge >= 0.3 is 78.4 Å². The fourth-order valence-corrected chi connectivity index (χ4v) is 7.43. The van der Waals surface area contributed by atoms with Crippen LogP contribution >= 0.6 is 8.95 Å². The van der Waals surface area contributed by atoms with Crippen molar-refractivity contribution in [3.63, 3.8) is 0 Å². The molecular weight excluding hydrogens is 259 g/mol. The van der Waals surface area contributed by atoms with Crippen LogP contribution in [0.25, 0.3) is 0 Å². The molecule has 0 atom stereocenters. The van der Waals surface area contributed by atoms with Gasteiger partial charge in [0.25, 0.3) is 0 Å². The molecule has 0 aliphatic heterocycles. The van der Waals surface area contributed by atoms with Gasteiger partial charge in [-0.3, -0.25) is 0 Å². The fraction of sp³-hybridized carbons (Fsp3) is 1.00. The first kappa shape index (κ1) is 14.7. The Morgan fingerprint density at radius 2 is 1.73 bits per heavy atom. The minimum atomic E-state index is 0. The van der Waals surface area contributed by atoms with E-state index in [0.717, 1.165) is 0 Å². The molecule has 0 rings (SSSR count). The zero-order valence-electron chi connectivity index (χ0n) is 7.15. The molecule has 0 aliphatic carbocycles. The van der Waals surface area contributed by atoms with Gasteiger partial charge in [-0.2, -0.15) is 0 Å². The van der Waals surface area contributed by atoms with Crippen LogP contribution in [0.3, 0.4) is 0 Å². The van der Waals surface area contributed by atoms with E-state index < -0.39 is 0 Å². The van der Waals surface area contributed by atoms with Crippen LogP contribution in [0.15, 0.2) is 0 Å². The Balaban J connectivity index is 0. The molecule has 0 nitrogen and oxygen atoms in total. The van der Waals surface area contributed by atoms with Crippen LogP contribution in [-0.4, -0.2) is 25.5 Å². The van der Waals surface area contributed by atoms with Gasteiger partial charge in [-0.1, -0.05) is 7.43 Å². The van der Waals surface area contributed by atoms with E-state index in [1.54, 1.807) is 4.44 Å². The summed E-state index contributed by atoms with van der Waals surface area (Å²) in [5.41, 5.74) is 0. The zero-order valence-corrected chi connectivity index (χ0v) is 10.8. The van der Waals surface area contributed by atoms with E-state index in [1.165, 1.54) is 31.4 Å². The van der Waals surface area contributed by atoms with E-state index in [4.69, 9.17) is 0 Å². The molecule has 2 radical (unpaired) electrons. The van der Waals surface area contributed by atoms with E-state index in [0.29, 0.717) is 0 Å². The van der Waals surface area contributed by atoms with Gasteiger partial charge in [-0.05, 0) is 0 Å². The monoisotopic (exact) mass is 282 g/mol. The van der Waals surface area contributed by atoms with Crippen molar-refractivity contribution in [1.82, 2.24) is 0 Å². The van der Waals surface area contributed by atoms with Crippen molar-refractivity contribution < 1.29 is 0 Å². The summed E-state index contributed by atoms with van der Waals surface area (Å²) in [5.74, 6) is 1.45. The molecule has 0 aromatic carbocycles. The van der Waals surface area contributed by atoms with Crippen molar-refractivity contribution in [3.8, 4) is 0 Å². The SMILES string of the molecule is C.CCCC[S][Sn][CH2]CCC. The first-order valence-electron chi connectivity index (χ1n) is 4.26. The summed E-state index contributed by atoms with van der Waals surface area (Å²) in [7, 11) is 2.29. The summed E-state index contributed by atoms with van der Waals surface area (Å²) in [4.78, 5) is 0. The molecule has 0 unspecified atom stereocenters. The molecule has 68 valence electrons. The van der Waals surface area contributed by atoms with Gasteiger partial charge in [-0.15, -0.1) is 0 Å². The number of unbranched alkanes of at least 4 members (excludes halogenated alkanes) is 2. The van der Waals surface area contributed by atoms with Gasteiger partial charge in [0.15, 0.2) is 0 Å². The van der Waals surface area contributed by atoms with Gasteiger partial charge in [0.05, 0.1) is 0 Å². The Labute approximate surface area is 85.6 Å². The standard InChI is InChI=1S/C4H10S.C4H9.CH4.Sn/c1-2-3-4-5;1-3-4-2;;/h5H,2-4H2,1H3;1,3-4H2,2H3;1H4;/q;;;+1/p-1. The Hall–Kier alpha value is 1.15. The number of hydrogen-bond donors (Lipinski definition) is 0. The van der Waals surface area contributed by atoms with Crippen LogP contribution in [-0.2, 0) is 0 Å². The van der Waals surface area contributed by atoms with Gasteiger partial charge in [-0.25, -0.2) is 0 Å². The van der Waals surface area contributed by atoms with Crippen LogP contribution < -0.4 is 0 Å². The average Bonchev–Trinajstić information content (AvgIpc) is 1.97. The second-order valence-corrected chi connectivity index (χ2v) is 9.81. The first-order chi connectivity index (χ1) is 4.91. The van der Waals surface area contributed by atoms with Gasteiger partial charge in [0.2, 0.25) is 0 Å². The maximum atomic E-state index is 2.29. The topological polar surface area (TPSA) is 0 Å². The summed E-state index contributed by atoms with van der Waals surface area (Å²) < 4.78 is 1.59. The van der Waals surface area contributed by atoms with Crippen LogP contribution in [0.5, 0.6) is 0 Å². The van der Waals surface area contributed by atoms with Crippen LogP contribution in [0.4, 0.5) is 0 Å². The van der Waals surface area contributed by atoms with E-state index in [9.17, 15) is 0 Å². The molecule has 0 heterocycles. The molecule has 0 spiro atoms. The van der Waals surface area contributed by atoms with Crippen molar-refractivity contribution in [2.24, 2.45) is 0 Å². The Kier molecular flexibility index (Phi) is 18.3. The van der Waals surface area contributed by atoms with E-state index in [1.807, 2.05) is 0 Å². The predicted molar refractivity (Wildman–Crippen MR) is 59.6 cm³/mol. The second kappa shape index (κ2) is 13.7. The summed E-state index contributed by atoms with van der Waals surface area (Å²) >= 11 is 0.0534. The molecule has 0 saturated carbocycles. The van der Waals surface area contributed by atoms with Crippen molar-refractivity contribution in [3.05, 3.63) is 0 Å². The second-order valence-electron chi connectivity index (χ2n) is 2.45. The summed E-state index contributed by atoms with van der Waals surface area (Å²) in [6.45, 7) is 4.56. The molecular formula is C9H22SSn. The van der Waals surface area contributed by atoms with E-state index in [-0.39, 0.29) is 27.2 Å². The summed E-state index contributed by atoms with van der Waals surface area (Å²) in [5, 5.41) is 0. The third kappa shape index (κ3) is 14.1. The maximum absolute atomic E-state index is 2.29. The quantitative estimate of drug-likeness (QED) is 0.502. The third-order valence-corrected chi connectivity index (χ3v) is 8.49. The molecule has 0 saturated heterocycles. The predicted octanol–water partition coefficient (Wildman–Crippen LogP) is 3.99.